The first-order chi connectivity index (χ1) is 6.61. The van der Waals surface area contributed by atoms with Crippen molar-refractivity contribution in [3.05, 3.63) is 35.4 Å². The molecule has 2 nitrogen and oxygen atoms in total. The fourth-order valence-corrected chi connectivity index (χ4v) is 1.22. The third-order valence-corrected chi connectivity index (χ3v) is 2.06. The van der Waals surface area contributed by atoms with E-state index in [9.17, 15) is 4.79 Å². The van der Waals surface area contributed by atoms with Crippen molar-refractivity contribution >= 4 is 5.91 Å². The third kappa shape index (κ3) is 2.87. The monoisotopic (exact) mass is 191 g/mol. The Morgan fingerprint density at radius 2 is 2.00 bits per heavy atom. The normalized spacial score (nSPS) is 10.3. The van der Waals surface area contributed by atoms with E-state index in [4.69, 9.17) is 0 Å². The molecule has 0 atom stereocenters. The van der Waals surface area contributed by atoms with Gasteiger partial charge in [0.05, 0.1) is 0 Å². The molecule has 0 fully saturated rings. The second-order valence-corrected chi connectivity index (χ2v) is 3.92. The standard InChI is InChI=1S/C12H17NO/c1-9(2)8-13-12(14)11-7-5-4-6-10(11)3/h4-7,9H,8H2,1-3H3,(H,13,14). The summed E-state index contributed by atoms with van der Waals surface area (Å²) in [5.41, 5.74) is 1.79. The maximum atomic E-state index is 11.7. The summed E-state index contributed by atoms with van der Waals surface area (Å²) in [6, 6.07) is 7.63. The van der Waals surface area contributed by atoms with Gasteiger partial charge in [0.1, 0.15) is 0 Å². The van der Waals surface area contributed by atoms with Gasteiger partial charge in [-0.2, -0.15) is 0 Å². The Morgan fingerprint density at radius 1 is 1.36 bits per heavy atom. The third-order valence-electron chi connectivity index (χ3n) is 2.06. The lowest BCUT2D eigenvalue weighted by molar-refractivity contribution is 0.0948. The van der Waals surface area contributed by atoms with Crippen molar-refractivity contribution in [1.29, 1.82) is 0 Å². The molecule has 0 spiro atoms. The van der Waals surface area contributed by atoms with Gasteiger partial charge in [-0.1, -0.05) is 32.0 Å². The molecular formula is C12H17NO. The van der Waals surface area contributed by atoms with Gasteiger partial charge in [-0.3, -0.25) is 4.79 Å². The summed E-state index contributed by atoms with van der Waals surface area (Å²) in [7, 11) is 0. The van der Waals surface area contributed by atoms with Crippen LogP contribution in [0.3, 0.4) is 0 Å². The smallest absolute Gasteiger partial charge is 0.251 e. The molecule has 0 aliphatic rings. The Kier molecular flexibility index (Phi) is 3.69. The predicted molar refractivity (Wildman–Crippen MR) is 58.4 cm³/mol. The fourth-order valence-electron chi connectivity index (χ4n) is 1.22. The van der Waals surface area contributed by atoms with Gasteiger partial charge in [-0.15, -0.1) is 0 Å². The van der Waals surface area contributed by atoms with Crippen molar-refractivity contribution in [1.82, 2.24) is 5.32 Å². The van der Waals surface area contributed by atoms with Gasteiger partial charge in [-0.25, -0.2) is 0 Å². The van der Waals surface area contributed by atoms with Crippen LogP contribution >= 0.6 is 0 Å². The number of carbonyl (C=O) groups excluding carboxylic acids is 1. The van der Waals surface area contributed by atoms with E-state index in [1.165, 1.54) is 0 Å². The zero-order valence-electron chi connectivity index (χ0n) is 9.00. The maximum absolute atomic E-state index is 11.7. The molecule has 2 heteroatoms. The van der Waals surface area contributed by atoms with Crippen LogP contribution in [0.4, 0.5) is 0 Å². The number of aryl methyl sites for hydroxylation is 1. The molecule has 1 aromatic rings. The molecule has 14 heavy (non-hydrogen) atoms. The zero-order valence-corrected chi connectivity index (χ0v) is 9.00. The second-order valence-electron chi connectivity index (χ2n) is 3.92. The molecule has 0 aliphatic heterocycles. The largest absolute Gasteiger partial charge is 0.352 e. The second kappa shape index (κ2) is 4.80. The summed E-state index contributed by atoms with van der Waals surface area (Å²) in [5, 5.41) is 2.90. The van der Waals surface area contributed by atoms with Crippen molar-refractivity contribution in [3.63, 3.8) is 0 Å². The summed E-state index contributed by atoms with van der Waals surface area (Å²) >= 11 is 0. The van der Waals surface area contributed by atoms with Crippen LogP contribution in [0.1, 0.15) is 29.8 Å². The number of benzene rings is 1. The lowest BCUT2D eigenvalue weighted by atomic mass is 10.1. The minimum Gasteiger partial charge on any atom is -0.352 e. The Labute approximate surface area is 85.3 Å². The molecule has 0 radical (unpaired) electrons. The van der Waals surface area contributed by atoms with Crippen LogP contribution in [0.25, 0.3) is 0 Å². The lowest BCUT2D eigenvalue weighted by Gasteiger charge is -2.08. The molecule has 0 aromatic heterocycles. The minimum absolute atomic E-state index is 0.0248. The topological polar surface area (TPSA) is 29.1 Å². The molecule has 0 heterocycles. The Morgan fingerprint density at radius 3 is 2.57 bits per heavy atom. The van der Waals surface area contributed by atoms with Crippen LogP contribution < -0.4 is 5.32 Å². The van der Waals surface area contributed by atoms with Gasteiger partial charge < -0.3 is 5.32 Å². The Balaban J connectivity index is 2.65. The average molecular weight is 191 g/mol. The molecule has 1 amide bonds. The number of hydrogen-bond donors (Lipinski definition) is 1. The molecule has 76 valence electrons. The molecule has 0 bridgehead atoms. The van der Waals surface area contributed by atoms with Gasteiger partial charge >= 0.3 is 0 Å². The molecule has 0 aliphatic carbocycles. The van der Waals surface area contributed by atoms with Crippen LogP contribution in [0, 0.1) is 12.8 Å². The molecule has 1 rings (SSSR count). The first-order valence-electron chi connectivity index (χ1n) is 4.95. The average Bonchev–Trinajstić information content (AvgIpc) is 2.15. The summed E-state index contributed by atoms with van der Waals surface area (Å²) < 4.78 is 0. The van der Waals surface area contributed by atoms with Crippen LogP contribution in [0.2, 0.25) is 0 Å². The number of amides is 1. The van der Waals surface area contributed by atoms with Gasteiger partial charge in [0, 0.05) is 12.1 Å². The van der Waals surface area contributed by atoms with Crippen LogP contribution in [-0.4, -0.2) is 12.5 Å². The number of hydrogen-bond acceptors (Lipinski definition) is 1. The Hall–Kier alpha value is -1.31. The highest BCUT2D eigenvalue weighted by molar-refractivity contribution is 5.95. The van der Waals surface area contributed by atoms with E-state index < -0.39 is 0 Å². The number of carbonyl (C=O) groups is 1. The predicted octanol–water partition coefficient (Wildman–Crippen LogP) is 2.38. The van der Waals surface area contributed by atoms with Crippen molar-refractivity contribution in [2.45, 2.75) is 20.8 Å². The van der Waals surface area contributed by atoms with Crippen LogP contribution in [0.15, 0.2) is 24.3 Å². The maximum Gasteiger partial charge on any atom is 0.251 e. The Bertz CT molecular complexity index is 318. The van der Waals surface area contributed by atoms with Gasteiger partial charge in [0.25, 0.3) is 5.91 Å². The van der Waals surface area contributed by atoms with E-state index in [-0.39, 0.29) is 5.91 Å². The summed E-state index contributed by atoms with van der Waals surface area (Å²) in [5.74, 6) is 0.514. The van der Waals surface area contributed by atoms with Gasteiger partial charge in [0.2, 0.25) is 0 Å². The highest BCUT2D eigenvalue weighted by atomic mass is 16.1. The summed E-state index contributed by atoms with van der Waals surface area (Å²) in [6.07, 6.45) is 0. The number of nitrogens with one attached hydrogen (secondary N) is 1. The summed E-state index contributed by atoms with van der Waals surface area (Å²) in [6.45, 7) is 6.84. The first kappa shape index (κ1) is 10.8. The van der Waals surface area contributed by atoms with Gasteiger partial charge in [0.15, 0.2) is 0 Å². The van der Waals surface area contributed by atoms with E-state index in [2.05, 4.69) is 19.2 Å². The quantitative estimate of drug-likeness (QED) is 0.780. The van der Waals surface area contributed by atoms with Gasteiger partial charge in [-0.05, 0) is 24.5 Å². The van der Waals surface area contributed by atoms with Crippen molar-refractivity contribution < 1.29 is 4.79 Å². The minimum atomic E-state index is 0.0248. The molecule has 1 N–H and O–H groups in total. The highest BCUT2D eigenvalue weighted by Gasteiger charge is 2.07. The molecular weight excluding hydrogens is 174 g/mol. The zero-order chi connectivity index (χ0) is 10.6. The fraction of sp³-hybridized carbons (Fsp3) is 0.417. The first-order valence-corrected chi connectivity index (χ1v) is 4.95. The van der Waals surface area contributed by atoms with E-state index in [0.717, 1.165) is 17.7 Å². The van der Waals surface area contributed by atoms with E-state index >= 15 is 0 Å². The highest BCUT2D eigenvalue weighted by Crippen LogP contribution is 2.06. The molecule has 0 unspecified atom stereocenters. The van der Waals surface area contributed by atoms with Crippen molar-refractivity contribution in [3.8, 4) is 0 Å². The molecule has 1 aromatic carbocycles. The molecule has 0 saturated carbocycles. The van der Waals surface area contributed by atoms with Crippen molar-refractivity contribution in [2.75, 3.05) is 6.54 Å². The van der Waals surface area contributed by atoms with E-state index in [1.807, 2.05) is 31.2 Å². The number of rotatable bonds is 3. The van der Waals surface area contributed by atoms with Crippen LogP contribution in [-0.2, 0) is 0 Å². The summed E-state index contributed by atoms with van der Waals surface area (Å²) in [4.78, 5) is 11.7. The van der Waals surface area contributed by atoms with Crippen LogP contribution in [0.5, 0.6) is 0 Å². The van der Waals surface area contributed by atoms with E-state index in [1.54, 1.807) is 0 Å². The molecule has 0 saturated heterocycles. The van der Waals surface area contributed by atoms with Crippen molar-refractivity contribution in [2.24, 2.45) is 5.92 Å². The lowest BCUT2D eigenvalue weighted by Crippen LogP contribution is -2.27. The van der Waals surface area contributed by atoms with E-state index in [0.29, 0.717) is 5.92 Å². The SMILES string of the molecule is Cc1ccccc1C(=O)NCC(C)C.